The van der Waals surface area contributed by atoms with Gasteiger partial charge in [0.05, 0.1) is 10.9 Å². The number of hydrogen-bond acceptors (Lipinski definition) is 4. The topological polar surface area (TPSA) is 79.4 Å². The van der Waals surface area contributed by atoms with E-state index in [-0.39, 0.29) is 16.8 Å². The number of sulfonamides is 1. The lowest BCUT2D eigenvalue weighted by Crippen LogP contribution is -2.38. The standard InChI is InChI=1S/C25H25N3O3S/c29-25(16-11-20-7-2-1-3-8-20)27-22-12-14-23(15-13-22)32(30,31)28-18-5-4-10-24(28)21-9-6-17-26-19-21/h1-3,6-9,11-17,19,24H,4-5,10,18H2,(H,27,29)/b16-11+/t24-/m1/s1. The molecule has 0 unspecified atom stereocenters. The zero-order valence-corrected chi connectivity index (χ0v) is 18.4. The van der Waals surface area contributed by atoms with Crippen LogP contribution >= 0.6 is 0 Å². The minimum Gasteiger partial charge on any atom is -0.323 e. The van der Waals surface area contributed by atoms with Crippen LogP contribution in [0.25, 0.3) is 6.08 Å². The summed E-state index contributed by atoms with van der Waals surface area (Å²) in [6, 6.07) is 19.4. The lowest BCUT2D eigenvalue weighted by Gasteiger charge is -2.34. The molecule has 0 saturated carbocycles. The van der Waals surface area contributed by atoms with Crippen molar-refractivity contribution in [3.05, 3.63) is 96.3 Å². The van der Waals surface area contributed by atoms with Crippen LogP contribution in [0.4, 0.5) is 5.69 Å². The van der Waals surface area contributed by atoms with Crippen molar-refractivity contribution in [2.45, 2.75) is 30.2 Å². The maximum atomic E-state index is 13.4. The Labute approximate surface area is 188 Å². The van der Waals surface area contributed by atoms with E-state index in [0.717, 1.165) is 30.4 Å². The molecule has 1 saturated heterocycles. The van der Waals surface area contributed by atoms with Crippen LogP contribution in [-0.4, -0.2) is 30.2 Å². The number of amides is 1. The third-order valence-electron chi connectivity index (χ3n) is 5.48. The molecule has 32 heavy (non-hydrogen) atoms. The number of piperidine rings is 1. The monoisotopic (exact) mass is 447 g/mol. The molecular weight excluding hydrogens is 422 g/mol. The predicted molar refractivity (Wildman–Crippen MR) is 125 cm³/mol. The Hall–Kier alpha value is -3.29. The molecule has 3 aromatic rings. The van der Waals surface area contributed by atoms with Crippen molar-refractivity contribution in [3.8, 4) is 0 Å². The maximum Gasteiger partial charge on any atom is 0.248 e. The van der Waals surface area contributed by atoms with Gasteiger partial charge in [-0.2, -0.15) is 4.31 Å². The first-order valence-electron chi connectivity index (χ1n) is 10.6. The Morgan fingerprint density at radius 1 is 1.00 bits per heavy atom. The third-order valence-corrected chi connectivity index (χ3v) is 7.40. The highest BCUT2D eigenvalue weighted by molar-refractivity contribution is 7.89. The average molecular weight is 448 g/mol. The molecule has 0 radical (unpaired) electrons. The van der Waals surface area contributed by atoms with Crippen LogP contribution in [0.5, 0.6) is 0 Å². The minimum atomic E-state index is -3.67. The van der Waals surface area contributed by atoms with E-state index in [0.29, 0.717) is 12.2 Å². The quantitative estimate of drug-likeness (QED) is 0.558. The molecule has 0 aliphatic carbocycles. The number of nitrogens with one attached hydrogen (secondary N) is 1. The van der Waals surface area contributed by atoms with Crippen LogP contribution in [0.3, 0.4) is 0 Å². The van der Waals surface area contributed by atoms with Crippen LogP contribution in [0, 0.1) is 0 Å². The number of carbonyl (C=O) groups is 1. The van der Waals surface area contributed by atoms with Crippen molar-refractivity contribution in [1.29, 1.82) is 0 Å². The second kappa shape index (κ2) is 9.89. The molecule has 1 atom stereocenters. The molecule has 1 aliphatic rings. The van der Waals surface area contributed by atoms with Gasteiger partial charge < -0.3 is 5.32 Å². The average Bonchev–Trinajstić information content (AvgIpc) is 2.84. The fraction of sp³-hybridized carbons (Fsp3) is 0.200. The summed E-state index contributed by atoms with van der Waals surface area (Å²) in [4.78, 5) is 16.6. The molecule has 7 heteroatoms. The van der Waals surface area contributed by atoms with Crippen molar-refractivity contribution < 1.29 is 13.2 Å². The third kappa shape index (κ3) is 5.12. The molecular formula is C25H25N3O3S. The number of nitrogens with zero attached hydrogens (tertiary/aromatic N) is 2. The van der Waals surface area contributed by atoms with E-state index in [9.17, 15) is 13.2 Å². The number of anilines is 1. The van der Waals surface area contributed by atoms with E-state index in [1.165, 1.54) is 6.08 Å². The zero-order valence-electron chi connectivity index (χ0n) is 17.6. The summed E-state index contributed by atoms with van der Waals surface area (Å²) in [6.45, 7) is 0.477. The summed E-state index contributed by atoms with van der Waals surface area (Å²) in [7, 11) is -3.67. The van der Waals surface area contributed by atoms with Gasteiger partial charge in [-0.3, -0.25) is 9.78 Å². The van der Waals surface area contributed by atoms with Gasteiger partial charge in [0.2, 0.25) is 15.9 Å². The summed E-state index contributed by atoms with van der Waals surface area (Å²) in [6.07, 6.45) is 9.18. The fourth-order valence-corrected chi connectivity index (χ4v) is 5.55. The highest BCUT2D eigenvalue weighted by atomic mass is 32.2. The maximum absolute atomic E-state index is 13.4. The Balaban J connectivity index is 1.47. The molecule has 6 nitrogen and oxygen atoms in total. The summed E-state index contributed by atoms with van der Waals surface area (Å²) in [5.74, 6) is -0.280. The molecule has 0 bridgehead atoms. The Bertz CT molecular complexity index is 1180. The van der Waals surface area contributed by atoms with E-state index in [1.807, 2.05) is 42.5 Å². The number of carbonyl (C=O) groups excluding carboxylic acids is 1. The number of pyridine rings is 1. The molecule has 164 valence electrons. The zero-order chi connectivity index (χ0) is 22.4. The van der Waals surface area contributed by atoms with Gasteiger partial charge in [-0.25, -0.2) is 8.42 Å². The minimum absolute atomic E-state index is 0.214. The number of aromatic nitrogens is 1. The fourth-order valence-electron chi connectivity index (χ4n) is 3.86. The molecule has 0 spiro atoms. The lowest BCUT2D eigenvalue weighted by molar-refractivity contribution is -0.111. The predicted octanol–water partition coefficient (Wildman–Crippen LogP) is 4.65. The number of benzene rings is 2. The SMILES string of the molecule is O=C(/C=C/c1ccccc1)Nc1ccc(S(=O)(=O)N2CCCC[C@@H]2c2cccnc2)cc1. The van der Waals surface area contributed by atoms with Crippen LogP contribution in [0.15, 0.2) is 90.1 Å². The van der Waals surface area contributed by atoms with Gasteiger partial charge in [0.25, 0.3) is 0 Å². The van der Waals surface area contributed by atoms with Gasteiger partial charge >= 0.3 is 0 Å². The van der Waals surface area contributed by atoms with E-state index >= 15 is 0 Å². The highest BCUT2D eigenvalue weighted by Gasteiger charge is 2.34. The molecule has 2 heterocycles. The summed E-state index contributed by atoms with van der Waals surface area (Å²) < 4.78 is 28.3. The Kier molecular flexibility index (Phi) is 6.78. The van der Waals surface area contributed by atoms with E-state index in [1.54, 1.807) is 47.0 Å². The first kappa shape index (κ1) is 21.9. The van der Waals surface area contributed by atoms with Gasteiger partial charge in [0.15, 0.2) is 0 Å². The molecule has 1 aromatic heterocycles. The van der Waals surface area contributed by atoms with Gasteiger partial charge in [0.1, 0.15) is 0 Å². The van der Waals surface area contributed by atoms with E-state index in [2.05, 4.69) is 10.3 Å². The van der Waals surface area contributed by atoms with Crippen molar-refractivity contribution >= 4 is 27.7 Å². The van der Waals surface area contributed by atoms with Crippen LogP contribution in [-0.2, 0) is 14.8 Å². The van der Waals surface area contributed by atoms with Gasteiger partial charge in [-0.15, -0.1) is 0 Å². The van der Waals surface area contributed by atoms with Crippen LogP contribution < -0.4 is 5.32 Å². The molecule has 1 amide bonds. The highest BCUT2D eigenvalue weighted by Crippen LogP contribution is 2.35. The molecule has 1 N–H and O–H groups in total. The number of hydrogen-bond donors (Lipinski definition) is 1. The summed E-state index contributed by atoms with van der Waals surface area (Å²) in [5.41, 5.74) is 2.37. The van der Waals surface area contributed by atoms with Gasteiger partial charge in [-0.05, 0) is 60.4 Å². The van der Waals surface area contributed by atoms with Crippen LogP contribution in [0.2, 0.25) is 0 Å². The summed E-state index contributed by atoms with van der Waals surface area (Å²) in [5, 5.41) is 2.76. The van der Waals surface area contributed by atoms with Gasteiger partial charge in [0, 0.05) is 30.7 Å². The van der Waals surface area contributed by atoms with Crippen molar-refractivity contribution in [1.82, 2.24) is 9.29 Å². The van der Waals surface area contributed by atoms with Crippen molar-refractivity contribution in [2.75, 3.05) is 11.9 Å². The lowest BCUT2D eigenvalue weighted by atomic mass is 9.99. The second-order valence-corrected chi connectivity index (χ2v) is 9.56. The van der Waals surface area contributed by atoms with Crippen molar-refractivity contribution in [2.24, 2.45) is 0 Å². The Morgan fingerprint density at radius 2 is 1.78 bits per heavy atom. The second-order valence-electron chi connectivity index (χ2n) is 7.67. The molecule has 2 aromatic carbocycles. The first-order chi connectivity index (χ1) is 15.5. The molecule has 4 rings (SSSR count). The van der Waals surface area contributed by atoms with Gasteiger partial charge in [-0.1, -0.05) is 42.8 Å². The normalized spacial score (nSPS) is 17.3. The van der Waals surface area contributed by atoms with E-state index in [4.69, 9.17) is 0 Å². The summed E-state index contributed by atoms with van der Waals surface area (Å²) >= 11 is 0. The Morgan fingerprint density at radius 3 is 2.50 bits per heavy atom. The van der Waals surface area contributed by atoms with Crippen LogP contribution in [0.1, 0.15) is 36.4 Å². The first-order valence-corrected chi connectivity index (χ1v) is 12.0. The molecule has 1 aliphatic heterocycles. The van der Waals surface area contributed by atoms with Crippen molar-refractivity contribution in [3.63, 3.8) is 0 Å². The molecule has 1 fully saturated rings. The van der Waals surface area contributed by atoms with E-state index < -0.39 is 10.0 Å². The smallest absolute Gasteiger partial charge is 0.248 e. The largest absolute Gasteiger partial charge is 0.323 e. The number of rotatable bonds is 6.